The van der Waals surface area contributed by atoms with E-state index < -0.39 is 0 Å². The van der Waals surface area contributed by atoms with Crippen LogP contribution in [0.2, 0.25) is 0 Å². The Morgan fingerprint density at radius 1 is 1.26 bits per heavy atom. The lowest BCUT2D eigenvalue weighted by Gasteiger charge is -2.36. The molecule has 0 aromatic heterocycles. The van der Waals surface area contributed by atoms with Crippen molar-refractivity contribution in [2.75, 3.05) is 31.6 Å². The fourth-order valence-corrected chi connectivity index (χ4v) is 2.92. The van der Waals surface area contributed by atoms with Gasteiger partial charge in [0, 0.05) is 25.3 Å². The first-order valence-corrected chi connectivity index (χ1v) is 7.51. The van der Waals surface area contributed by atoms with Gasteiger partial charge in [-0.05, 0) is 50.4 Å². The minimum absolute atomic E-state index is 0.337. The molecule has 0 heterocycles. The van der Waals surface area contributed by atoms with E-state index in [1.165, 1.54) is 24.1 Å². The van der Waals surface area contributed by atoms with E-state index in [9.17, 15) is 0 Å². The van der Waals surface area contributed by atoms with Gasteiger partial charge in [-0.3, -0.25) is 0 Å². The number of aryl methyl sites for hydroxylation is 1. The van der Waals surface area contributed by atoms with E-state index in [-0.39, 0.29) is 0 Å². The lowest BCUT2D eigenvalue weighted by Crippen LogP contribution is -2.41. The Labute approximate surface area is 119 Å². The third-order valence-corrected chi connectivity index (χ3v) is 3.78. The summed E-state index contributed by atoms with van der Waals surface area (Å²) in [4.78, 5) is 2.50. The largest absolute Gasteiger partial charge is 0.371 e. The zero-order valence-corrected chi connectivity index (χ0v) is 13.3. The normalized spacial score (nSPS) is 14.2. The zero-order chi connectivity index (χ0) is 14.3. The van der Waals surface area contributed by atoms with Crippen LogP contribution in [0.4, 0.5) is 5.69 Å². The van der Waals surface area contributed by atoms with Crippen molar-refractivity contribution in [1.82, 2.24) is 5.32 Å². The standard InChI is InChI=1S/C17H30N2/c1-6-11-17(4,13-18-5)14-19(7-2)16-10-8-9-15(3)12-16/h8-10,12,18H,6-7,11,13-14H2,1-5H3. The highest BCUT2D eigenvalue weighted by Gasteiger charge is 2.25. The van der Waals surface area contributed by atoms with Crippen molar-refractivity contribution in [2.24, 2.45) is 5.41 Å². The zero-order valence-electron chi connectivity index (χ0n) is 13.3. The van der Waals surface area contributed by atoms with Crippen molar-refractivity contribution < 1.29 is 0 Å². The molecule has 0 amide bonds. The summed E-state index contributed by atoms with van der Waals surface area (Å²) in [6.45, 7) is 12.3. The average Bonchev–Trinajstić information content (AvgIpc) is 2.36. The van der Waals surface area contributed by atoms with Gasteiger partial charge < -0.3 is 10.2 Å². The second-order valence-corrected chi connectivity index (χ2v) is 5.94. The molecule has 0 aliphatic carbocycles. The molecular formula is C17H30N2. The van der Waals surface area contributed by atoms with E-state index in [0.717, 1.165) is 19.6 Å². The molecule has 108 valence electrons. The van der Waals surface area contributed by atoms with Gasteiger partial charge in [0.05, 0.1) is 0 Å². The fraction of sp³-hybridized carbons (Fsp3) is 0.647. The molecule has 0 aliphatic heterocycles. The predicted molar refractivity (Wildman–Crippen MR) is 86.0 cm³/mol. The average molecular weight is 262 g/mol. The van der Waals surface area contributed by atoms with E-state index in [2.05, 4.69) is 69.2 Å². The molecule has 0 radical (unpaired) electrons. The SMILES string of the molecule is CCCC(C)(CNC)CN(CC)c1cccc(C)c1. The molecule has 0 saturated carbocycles. The molecular weight excluding hydrogens is 232 g/mol. The van der Waals surface area contributed by atoms with Crippen LogP contribution < -0.4 is 10.2 Å². The third kappa shape index (κ3) is 4.87. The monoisotopic (exact) mass is 262 g/mol. The summed E-state index contributed by atoms with van der Waals surface area (Å²) in [5, 5.41) is 3.36. The first kappa shape index (κ1) is 16.0. The maximum Gasteiger partial charge on any atom is 0.0368 e. The van der Waals surface area contributed by atoms with Crippen LogP contribution in [0.1, 0.15) is 39.2 Å². The van der Waals surface area contributed by atoms with Gasteiger partial charge in [-0.2, -0.15) is 0 Å². The fourth-order valence-electron chi connectivity index (χ4n) is 2.92. The number of benzene rings is 1. The second kappa shape index (κ2) is 7.54. The van der Waals surface area contributed by atoms with Gasteiger partial charge in [0.1, 0.15) is 0 Å². The van der Waals surface area contributed by atoms with Crippen LogP contribution in [-0.2, 0) is 0 Å². The summed E-state index contributed by atoms with van der Waals surface area (Å²) in [7, 11) is 2.05. The molecule has 1 rings (SSSR count). The van der Waals surface area contributed by atoms with Crippen LogP contribution in [0, 0.1) is 12.3 Å². The van der Waals surface area contributed by atoms with Crippen molar-refractivity contribution in [1.29, 1.82) is 0 Å². The highest BCUT2D eigenvalue weighted by atomic mass is 15.1. The summed E-state index contributed by atoms with van der Waals surface area (Å²) >= 11 is 0. The van der Waals surface area contributed by atoms with E-state index in [1.54, 1.807) is 0 Å². The highest BCUT2D eigenvalue weighted by Crippen LogP contribution is 2.27. The topological polar surface area (TPSA) is 15.3 Å². The smallest absolute Gasteiger partial charge is 0.0368 e. The molecule has 0 bridgehead atoms. The number of nitrogens with zero attached hydrogens (tertiary/aromatic N) is 1. The van der Waals surface area contributed by atoms with Crippen molar-refractivity contribution >= 4 is 5.69 Å². The van der Waals surface area contributed by atoms with Crippen molar-refractivity contribution in [3.05, 3.63) is 29.8 Å². The molecule has 1 atom stereocenters. The number of hydrogen-bond donors (Lipinski definition) is 1. The maximum atomic E-state index is 3.36. The molecule has 1 N–H and O–H groups in total. The summed E-state index contributed by atoms with van der Waals surface area (Å²) < 4.78 is 0. The summed E-state index contributed by atoms with van der Waals surface area (Å²) in [6, 6.07) is 8.83. The molecule has 1 unspecified atom stereocenters. The highest BCUT2D eigenvalue weighted by molar-refractivity contribution is 5.48. The van der Waals surface area contributed by atoms with Crippen molar-refractivity contribution in [3.8, 4) is 0 Å². The van der Waals surface area contributed by atoms with E-state index in [1.807, 2.05) is 0 Å². The summed E-state index contributed by atoms with van der Waals surface area (Å²) in [6.07, 6.45) is 2.50. The van der Waals surface area contributed by atoms with Gasteiger partial charge in [0.15, 0.2) is 0 Å². The van der Waals surface area contributed by atoms with Crippen LogP contribution in [-0.4, -0.2) is 26.7 Å². The second-order valence-electron chi connectivity index (χ2n) is 5.94. The van der Waals surface area contributed by atoms with E-state index in [0.29, 0.717) is 5.41 Å². The Kier molecular flexibility index (Phi) is 6.36. The number of nitrogens with one attached hydrogen (secondary N) is 1. The molecule has 0 fully saturated rings. The molecule has 0 spiro atoms. The van der Waals surface area contributed by atoms with Gasteiger partial charge in [-0.25, -0.2) is 0 Å². The minimum atomic E-state index is 0.337. The number of rotatable bonds is 8. The number of anilines is 1. The molecule has 19 heavy (non-hydrogen) atoms. The molecule has 0 aliphatic rings. The van der Waals surface area contributed by atoms with Crippen LogP contribution in [0.25, 0.3) is 0 Å². The first-order chi connectivity index (χ1) is 9.04. The van der Waals surface area contributed by atoms with Gasteiger partial charge >= 0.3 is 0 Å². The van der Waals surface area contributed by atoms with Gasteiger partial charge in [-0.15, -0.1) is 0 Å². The molecule has 0 saturated heterocycles. The van der Waals surface area contributed by atoms with Gasteiger partial charge in [0.2, 0.25) is 0 Å². The lowest BCUT2D eigenvalue weighted by molar-refractivity contribution is 0.289. The summed E-state index contributed by atoms with van der Waals surface area (Å²) in [5.74, 6) is 0. The number of hydrogen-bond acceptors (Lipinski definition) is 2. The third-order valence-electron chi connectivity index (χ3n) is 3.78. The molecule has 1 aromatic carbocycles. The molecule has 1 aromatic rings. The van der Waals surface area contributed by atoms with Crippen LogP contribution in [0.5, 0.6) is 0 Å². The molecule has 2 heteroatoms. The Hall–Kier alpha value is -1.02. The van der Waals surface area contributed by atoms with E-state index >= 15 is 0 Å². The van der Waals surface area contributed by atoms with Gasteiger partial charge in [0.25, 0.3) is 0 Å². The minimum Gasteiger partial charge on any atom is -0.371 e. The molecule has 2 nitrogen and oxygen atoms in total. The van der Waals surface area contributed by atoms with Crippen LogP contribution in [0.15, 0.2) is 24.3 Å². The first-order valence-electron chi connectivity index (χ1n) is 7.51. The van der Waals surface area contributed by atoms with Gasteiger partial charge in [-0.1, -0.05) is 32.4 Å². The Balaban J connectivity index is 2.85. The maximum absolute atomic E-state index is 3.36. The Bertz CT molecular complexity index is 367. The van der Waals surface area contributed by atoms with Crippen molar-refractivity contribution in [2.45, 2.75) is 40.5 Å². The summed E-state index contributed by atoms with van der Waals surface area (Å²) in [5.41, 5.74) is 3.02. The van der Waals surface area contributed by atoms with Crippen molar-refractivity contribution in [3.63, 3.8) is 0 Å². The quantitative estimate of drug-likeness (QED) is 0.765. The Morgan fingerprint density at radius 3 is 2.53 bits per heavy atom. The van der Waals surface area contributed by atoms with E-state index in [4.69, 9.17) is 0 Å². The Morgan fingerprint density at radius 2 is 2.00 bits per heavy atom. The predicted octanol–water partition coefficient (Wildman–Crippen LogP) is 3.85. The lowest BCUT2D eigenvalue weighted by atomic mass is 9.84. The van der Waals surface area contributed by atoms with Crippen LogP contribution >= 0.6 is 0 Å². The van der Waals surface area contributed by atoms with Crippen LogP contribution in [0.3, 0.4) is 0 Å².